The van der Waals surface area contributed by atoms with E-state index < -0.39 is 12.1 Å². The second-order valence-electron chi connectivity index (χ2n) is 8.13. The van der Waals surface area contributed by atoms with E-state index in [2.05, 4.69) is 22.8 Å². The minimum Gasteiger partial charge on any atom is -0.508 e. The summed E-state index contributed by atoms with van der Waals surface area (Å²) in [5.74, 6) is 1.80. The van der Waals surface area contributed by atoms with Crippen molar-refractivity contribution in [3.63, 3.8) is 0 Å². The Labute approximate surface area is 167 Å². The van der Waals surface area contributed by atoms with Gasteiger partial charge in [-0.15, -0.1) is 0 Å². The molecule has 1 aromatic carbocycles. The first-order valence-electron chi connectivity index (χ1n) is 10.1. The molecule has 2 aliphatic rings. The Morgan fingerprint density at radius 1 is 1.30 bits per heavy atom. The summed E-state index contributed by atoms with van der Waals surface area (Å²) in [6.45, 7) is 4.36. The van der Waals surface area contributed by atoms with Gasteiger partial charge in [-0.25, -0.2) is 0 Å². The SMILES string of the molecule is Cc1c(O)cccc1C(=O)N[C@@H](CS)[C@H](O)CN1CC[C@@H]2CCCC[C@@H]2C1. The van der Waals surface area contributed by atoms with Crippen molar-refractivity contribution in [3.05, 3.63) is 29.3 Å². The Hall–Kier alpha value is -1.24. The summed E-state index contributed by atoms with van der Waals surface area (Å²) in [6.07, 6.45) is 5.92. The minimum absolute atomic E-state index is 0.0981. The summed E-state index contributed by atoms with van der Waals surface area (Å²) >= 11 is 4.34. The number of benzene rings is 1. The number of hydrogen-bond donors (Lipinski definition) is 4. The second-order valence-corrected chi connectivity index (χ2v) is 8.50. The van der Waals surface area contributed by atoms with Crippen LogP contribution in [0, 0.1) is 18.8 Å². The molecule has 2 fully saturated rings. The Morgan fingerprint density at radius 3 is 2.78 bits per heavy atom. The van der Waals surface area contributed by atoms with Gasteiger partial charge < -0.3 is 20.4 Å². The molecule has 4 atom stereocenters. The van der Waals surface area contributed by atoms with Crippen LogP contribution >= 0.6 is 12.6 Å². The van der Waals surface area contributed by atoms with E-state index in [0.29, 0.717) is 23.4 Å². The molecule has 27 heavy (non-hydrogen) atoms. The lowest BCUT2D eigenvalue weighted by Gasteiger charge is -2.42. The van der Waals surface area contributed by atoms with Crippen molar-refractivity contribution >= 4 is 18.5 Å². The third-order valence-electron chi connectivity index (χ3n) is 6.35. The second kappa shape index (κ2) is 9.30. The zero-order valence-electron chi connectivity index (χ0n) is 16.1. The van der Waals surface area contributed by atoms with Gasteiger partial charge in [0.05, 0.1) is 12.1 Å². The van der Waals surface area contributed by atoms with E-state index in [-0.39, 0.29) is 11.7 Å². The molecule has 1 aliphatic heterocycles. The Morgan fingerprint density at radius 2 is 2.04 bits per heavy atom. The molecule has 150 valence electrons. The number of aliphatic hydroxyl groups excluding tert-OH is 1. The molecule has 0 radical (unpaired) electrons. The van der Waals surface area contributed by atoms with Crippen LogP contribution in [0.2, 0.25) is 0 Å². The van der Waals surface area contributed by atoms with Crippen molar-refractivity contribution in [1.29, 1.82) is 0 Å². The van der Waals surface area contributed by atoms with Crippen molar-refractivity contribution in [2.75, 3.05) is 25.4 Å². The van der Waals surface area contributed by atoms with E-state index >= 15 is 0 Å². The van der Waals surface area contributed by atoms with Crippen LogP contribution in [0.15, 0.2) is 18.2 Å². The number of thiol groups is 1. The van der Waals surface area contributed by atoms with Gasteiger partial charge in [0.2, 0.25) is 0 Å². The molecule has 1 aromatic rings. The molecule has 0 spiro atoms. The third kappa shape index (κ3) is 4.98. The van der Waals surface area contributed by atoms with Gasteiger partial charge in [0.1, 0.15) is 5.75 Å². The molecule has 3 N–H and O–H groups in total. The highest BCUT2D eigenvalue weighted by Gasteiger charge is 2.33. The molecule has 6 heteroatoms. The average molecular weight is 393 g/mol. The Kier molecular flexibility index (Phi) is 7.06. The zero-order chi connectivity index (χ0) is 19.4. The number of nitrogens with zero attached hydrogens (tertiary/aromatic N) is 1. The maximum atomic E-state index is 12.6. The van der Waals surface area contributed by atoms with E-state index in [4.69, 9.17) is 0 Å². The van der Waals surface area contributed by atoms with Gasteiger partial charge in [-0.1, -0.05) is 25.3 Å². The van der Waals surface area contributed by atoms with Crippen LogP contribution in [-0.2, 0) is 0 Å². The molecule has 1 saturated carbocycles. The highest BCUT2D eigenvalue weighted by molar-refractivity contribution is 7.80. The van der Waals surface area contributed by atoms with Crippen molar-refractivity contribution < 1.29 is 15.0 Å². The highest BCUT2D eigenvalue weighted by Crippen LogP contribution is 2.36. The van der Waals surface area contributed by atoms with Crippen molar-refractivity contribution in [2.24, 2.45) is 11.8 Å². The summed E-state index contributed by atoms with van der Waals surface area (Å²) in [4.78, 5) is 14.9. The predicted octanol–water partition coefficient (Wildman–Crippen LogP) is 2.60. The summed E-state index contributed by atoms with van der Waals surface area (Å²) in [6, 6.07) is 4.47. The fourth-order valence-corrected chi connectivity index (χ4v) is 4.95. The topological polar surface area (TPSA) is 72.8 Å². The van der Waals surface area contributed by atoms with Gasteiger partial charge in [-0.05, 0) is 50.3 Å². The Balaban J connectivity index is 1.56. The largest absolute Gasteiger partial charge is 0.508 e. The number of nitrogens with one attached hydrogen (secondary N) is 1. The van der Waals surface area contributed by atoms with Gasteiger partial charge >= 0.3 is 0 Å². The third-order valence-corrected chi connectivity index (χ3v) is 6.74. The minimum atomic E-state index is -0.663. The molecule has 0 bridgehead atoms. The lowest BCUT2D eigenvalue weighted by Crippen LogP contribution is -2.52. The normalized spacial score (nSPS) is 25.4. The summed E-state index contributed by atoms with van der Waals surface area (Å²) in [7, 11) is 0. The number of rotatable bonds is 6. The first-order chi connectivity index (χ1) is 13.0. The molecule has 3 rings (SSSR count). The van der Waals surface area contributed by atoms with Gasteiger partial charge in [0, 0.05) is 30.0 Å². The molecule has 1 amide bonds. The van der Waals surface area contributed by atoms with Crippen molar-refractivity contribution in [2.45, 2.75) is 51.2 Å². The fraction of sp³-hybridized carbons (Fsp3) is 0.667. The van der Waals surface area contributed by atoms with Crippen LogP contribution in [0.25, 0.3) is 0 Å². The van der Waals surface area contributed by atoms with Crippen LogP contribution in [0.5, 0.6) is 5.75 Å². The lowest BCUT2D eigenvalue weighted by atomic mass is 9.75. The fourth-order valence-electron chi connectivity index (χ4n) is 4.61. The number of amides is 1. The summed E-state index contributed by atoms with van der Waals surface area (Å²) in [5, 5.41) is 23.4. The quantitative estimate of drug-likeness (QED) is 0.562. The average Bonchev–Trinajstić information content (AvgIpc) is 2.67. The maximum Gasteiger partial charge on any atom is 0.252 e. The van der Waals surface area contributed by atoms with E-state index in [1.54, 1.807) is 25.1 Å². The first-order valence-corrected chi connectivity index (χ1v) is 10.7. The molecule has 0 aromatic heterocycles. The highest BCUT2D eigenvalue weighted by atomic mass is 32.1. The smallest absolute Gasteiger partial charge is 0.252 e. The van der Waals surface area contributed by atoms with Gasteiger partial charge in [0.15, 0.2) is 0 Å². The number of phenolic OH excluding ortho intramolecular Hbond substituents is 1. The molecular formula is C21H32N2O3S. The summed E-state index contributed by atoms with van der Waals surface area (Å²) in [5.41, 5.74) is 0.971. The van der Waals surface area contributed by atoms with Crippen LogP contribution in [0.3, 0.4) is 0 Å². The predicted molar refractivity (Wildman–Crippen MR) is 110 cm³/mol. The zero-order valence-corrected chi connectivity index (χ0v) is 17.0. The van der Waals surface area contributed by atoms with E-state index in [1.807, 2.05) is 0 Å². The van der Waals surface area contributed by atoms with Crippen molar-refractivity contribution in [1.82, 2.24) is 10.2 Å². The van der Waals surface area contributed by atoms with Gasteiger partial charge in [-0.3, -0.25) is 4.79 Å². The molecule has 1 heterocycles. The summed E-state index contributed by atoms with van der Waals surface area (Å²) < 4.78 is 0. The number of phenols is 1. The number of carbonyl (C=O) groups is 1. The van der Waals surface area contributed by atoms with Crippen LogP contribution < -0.4 is 5.32 Å². The van der Waals surface area contributed by atoms with Crippen LogP contribution in [0.1, 0.15) is 48.0 Å². The lowest BCUT2D eigenvalue weighted by molar-refractivity contribution is 0.0344. The maximum absolute atomic E-state index is 12.6. The standard InChI is InChI=1S/C21H32N2O3S/c1-14-17(7-4-8-19(14)24)21(26)22-18(13-27)20(25)12-23-10-9-15-5-2-3-6-16(15)11-23/h4,7-8,15-16,18,20,24-25,27H,2-3,5-6,9-13H2,1H3,(H,22,26)/t15-,16+,18-,20+/m0/s1. The van der Waals surface area contributed by atoms with E-state index in [9.17, 15) is 15.0 Å². The number of hydrogen-bond acceptors (Lipinski definition) is 5. The first kappa shape index (κ1) is 20.5. The molecular weight excluding hydrogens is 360 g/mol. The number of aromatic hydroxyl groups is 1. The molecule has 5 nitrogen and oxygen atoms in total. The van der Waals surface area contributed by atoms with Crippen LogP contribution in [0.4, 0.5) is 0 Å². The van der Waals surface area contributed by atoms with Gasteiger partial charge in [0.25, 0.3) is 5.91 Å². The van der Waals surface area contributed by atoms with Crippen molar-refractivity contribution in [3.8, 4) is 5.75 Å². The Bertz CT molecular complexity index is 654. The van der Waals surface area contributed by atoms with Crippen LogP contribution in [-0.4, -0.2) is 58.6 Å². The molecule has 1 saturated heterocycles. The van der Waals surface area contributed by atoms with E-state index in [0.717, 1.165) is 24.9 Å². The van der Waals surface area contributed by atoms with E-state index in [1.165, 1.54) is 32.1 Å². The number of aliphatic hydroxyl groups is 1. The van der Waals surface area contributed by atoms with Gasteiger partial charge in [-0.2, -0.15) is 12.6 Å². The molecule has 0 unspecified atom stereocenters. The molecule has 1 aliphatic carbocycles. The monoisotopic (exact) mass is 392 g/mol. The number of carbonyl (C=O) groups excluding carboxylic acids is 1. The number of likely N-dealkylation sites (tertiary alicyclic amines) is 1. The number of piperidine rings is 1. The number of β-amino-alcohol motifs (C(OH)–C–C–N with tert-alkyl or cyclic N) is 1. The number of fused-ring (bicyclic) bond motifs is 1.